The molecule has 15 heavy (non-hydrogen) atoms. The number of rotatable bonds is 2. The zero-order valence-corrected chi connectivity index (χ0v) is 9.26. The van der Waals surface area contributed by atoms with Crippen molar-refractivity contribution in [2.24, 2.45) is 15.9 Å². The second-order valence-corrected chi connectivity index (χ2v) is 3.65. The van der Waals surface area contributed by atoms with Crippen molar-refractivity contribution in [2.75, 3.05) is 26.7 Å². The molecule has 1 heterocycles. The van der Waals surface area contributed by atoms with Gasteiger partial charge < -0.3 is 10.0 Å². The molecule has 1 aliphatic rings. The summed E-state index contributed by atoms with van der Waals surface area (Å²) in [5.74, 6) is 1.20. The molecule has 0 aliphatic carbocycles. The molecule has 0 atom stereocenters. The van der Waals surface area contributed by atoms with Crippen LogP contribution in [0.2, 0.25) is 0 Å². The van der Waals surface area contributed by atoms with Gasteiger partial charge in [-0.3, -0.25) is 4.99 Å². The minimum absolute atomic E-state index is 0.294. The van der Waals surface area contributed by atoms with Gasteiger partial charge in [-0.15, -0.1) is 0 Å². The summed E-state index contributed by atoms with van der Waals surface area (Å²) in [6.07, 6.45) is 5.32. The standard InChI is InChI=1S/C11H19N3O/c1-3-6-13-11(12-2)14-7-4-10(9-15)5-8-14/h3,6,10,15H,1,4-5,7-9H2,2H3/b12-11?,13-6-. The highest BCUT2D eigenvalue weighted by Gasteiger charge is 2.20. The number of guanidine groups is 1. The first-order valence-electron chi connectivity index (χ1n) is 5.29. The molecule has 0 bridgehead atoms. The summed E-state index contributed by atoms with van der Waals surface area (Å²) in [6.45, 7) is 5.72. The SMILES string of the molecule is C=C/C=N\C(=NC)N1CCC(CO)CC1. The maximum atomic E-state index is 9.02. The third-order valence-corrected chi connectivity index (χ3v) is 2.65. The van der Waals surface area contributed by atoms with Crippen LogP contribution in [0.15, 0.2) is 22.6 Å². The number of hydrogen-bond acceptors (Lipinski definition) is 2. The minimum Gasteiger partial charge on any atom is -0.396 e. The van der Waals surface area contributed by atoms with E-state index >= 15 is 0 Å². The molecule has 0 saturated carbocycles. The number of likely N-dealkylation sites (tertiary alicyclic amines) is 1. The Morgan fingerprint density at radius 2 is 2.20 bits per heavy atom. The fourth-order valence-electron chi connectivity index (χ4n) is 1.72. The molecule has 0 aromatic heterocycles. The fraction of sp³-hybridized carbons (Fsp3) is 0.636. The van der Waals surface area contributed by atoms with Crippen molar-refractivity contribution in [1.82, 2.24) is 4.90 Å². The Labute approximate surface area is 91.0 Å². The van der Waals surface area contributed by atoms with Crippen LogP contribution in [-0.2, 0) is 0 Å². The Morgan fingerprint density at radius 1 is 1.53 bits per heavy atom. The van der Waals surface area contributed by atoms with Crippen LogP contribution in [0.1, 0.15) is 12.8 Å². The zero-order chi connectivity index (χ0) is 11.1. The first-order valence-corrected chi connectivity index (χ1v) is 5.29. The van der Waals surface area contributed by atoms with Crippen LogP contribution in [0.5, 0.6) is 0 Å². The average molecular weight is 209 g/mol. The quantitative estimate of drug-likeness (QED) is 0.543. The van der Waals surface area contributed by atoms with Crippen molar-refractivity contribution in [2.45, 2.75) is 12.8 Å². The summed E-state index contributed by atoms with van der Waals surface area (Å²) in [7, 11) is 1.74. The van der Waals surface area contributed by atoms with E-state index in [1.54, 1.807) is 19.3 Å². The molecule has 0 amide bonds. The molecule has 1 N–H and O–H groups in total. The van der Waals surface area contributed by atoms with Crippen molar-refractivity contribution in [3.05, 3.63) is 12.7 Å². The van der Waals surface area contributed by atoms with Crippen molar-refractivity contribution in [3.63, 3.8) is 0 Å². The lowest BCUT2D eigenvalue weighted by atomic mass is 9.98. The van der Waals surface area contributed by atoms with Gasteiger partial charge in [-0.25, -0.2) is 4.99 Å². The van der Waals surface area contributed by atoms with E-state index in [0.29, 0.717) is 12.5 Å². The summed E-state index contributed by atoms with van der Waals surface area (Å²) < 4.78 is 0. The molecule has 4 nitrogen and oxygen atoms in total. The predicted molar refractivity (Wildman–Crippen MR) is 63.4 cm³/mol. The van der Waals surface area contributed by atoms with E-state index in [9.17, 15) is 0 Å². The van der Waals surface area contributed by atoms with Crippen LogP contribution >= 0.6 is 0 Å². The molecular formula is C11H19N3O. The maximum Gasteiger partial charge on any atom is 0.220 e. The van der Waals surface area contributed by atoms with Gasteiger partial charge in [0.05, 0.1) is 0 Å². The molecule has 1 fully saturated rings. The molecular weight excluding hydrogens is 190 g/mol. The molecule has 84 valence electrons. The van der Waals surface area contributed by atoms with Gasteiger partial charge in [-0.05, 0) is 18.8 Å². The Balaban J connectivity index is 2.50. The lowest BCUT2D eigenvalue weighted by Gasteiger charge is -2.31. The largest absolute Gasteiger partial charge is 0.396 e. The summed E-state index contributed by atoms with van der Waals surface area (Å²) in [5, 5.41) is 9.02. The van der Waals surface area contributed by atoms with E-state index in [-0.39, 0.29) is 0 Å². The summed E-state index contributed by atoms with van der Waals surface area (Å²) in [6, 6.07) is 0. The highest BCUT2D eigenvalue weighted by Crippen LogP contribution is 2.16. The lowest BCUT2D eigenvalue weighted by Crippen LogP contribution is -2.38. The van der Waals surface area contributed by atoms with Gasteiger partial charge in [0.1, 0.15) is 0 Å². The molecule has 1 aliphatic heterocycles. The van der Waals surface area contributed by atoms with Crippen LogP contribution in [-0.4, -0.2) is 48.9 Å². The van der Waals surface area contributed by atoms with E-state index in [0.717, 1.165) is 31.9 Å². The Kier molecular flexibility index (Phi) is 5.04. The second kappa shape index (κ2) is 6.35. The summed E-state index contributed by atoms with van der Waals surface area (Å²) in [5.41, 5.74) is 0. The van der Waals surface area contributed by atoms with Gasteiger partial charge in [-0.2, -0.15) is 0 Å². The summed E-state index contributed by atoms with van der Waals surface area (Å²) >= 11 is 0. The summed E-state index contributed by atoms with van der Waals surface area (Å²) in [4.78, 5) is 10.5. The van der Waals surface area contributed by atoms with Gasteiger partial charge in [0.2, 0.25) is 5.96 Å². The molecule has 4 heteroatoms. The number of piperidine rings is 1. The van der Waals surface area contributed by atoms with Gasteiger partial charge in [-0.1, -0.05) is 12.7 Å². The van der Waals surface area contributed by atoms with E-state index in [4.69, 9.17) is 5.11 Å². The van der Waals surface area contributed by atoms with Crippen LogP contribution in [0.25, 0.3) is 0 Å². The van der Waals surface area contributed by atoms with Gasteiger partial charge in [0.25, 0.3) is 0 Å². The normalized spacial score (nSPS) is 19.9. The van der Waals surface area contributed by atoms with Gasteiger partial charge in [0, 0.05) is 33.0 Å². The minimum atomic E-state index is 0.294. The topological polar surface area (TPSA) is 48.2 Å². The molecule has 0 aromatic rings. The number of nitrogens with zero attached hydrogens (tertiary/aromatic N) is 3. The number of aliphatic hydroxyl groups excluding tert-OH is 1. The molecule has 0 aromatic carbocycles. The van der Waals surface area contributed by atoms with Crippen LogP contribution < -0.4 is 0 Å². The van der Waals surface area contributed by atoms with Crippen LogP contribution in [0.4, 0.5) is 0 Å². The van der Waals surface area contributed by atoms with Crippen LogP contribution in [0, 0.1) is 5.92 Å². The third-order valence-electron chi connectivity index (χ3n) is 2.65. The van der Waals surface area contributed by atoms with Crippen molar-refractivity contribution < 1.29 is 5.11 Å². The lowest BCUT2D eigenvalue weighted by molar-refractivity contribution is 0.166. The third kappa shape index (κ3) is 3.47. The van der Waals surface area contributed by atoms with Crippen molar-refractivity contribution >= 4 is 12.2 Å². The Bertz CT molecular complexity index is 253. The first-order chi connectivity index (χ1) is 7.31. The molecule has 1 saturated heterocycles. The van der Waals surface area contributed by atoms with Gasteiger partial charge in [0.15, 0.2) is 0 Å². The Morgan fingerprint density at radius 3 is 2.67 bits per heavy atom. The molecule has 0 spiro atoms. The van der Waals surface area contributed by atoms with Gasteiger partial charge >= 0.3 is 0 Å². The first kappa shape index (κ1) is 11.9. The average Bonchev–Trinajstić information content (AvgIpc) is 2.31. The molecule has 0 unspecified atom stereocenters. The number of hydrogen-bond donors (Lipinski definition) is 1. The molecule has 0 radical (unpaired) electrons. The van der Waals surface area contributed by atoms with Crippen molar-refractivity contribution in [3.8, 4) is 0 Å². The monoisotopic (exact) mass is 209 g/mol. The van der Waals surface area contributed by atoms with E-state index in [1.165, 1.54) is 0 Å². The zero-order valence-electron chi connectivity index (χ0n) is 9.26. The Hall–Kier alpha value is -1.16. The van der Waals surface area contributed by atoms with E-state index in [1.807, 2.05) is 0 Å². The maximum absolute atomic E-state index is 9.02. The number of allylic oxidation sites excluding steroid dienone is 1. The second-order valence-electron chi connectivity index (χ2n) is 3.65. The fourth-order valence-corrected chi connectivity index (χ4v) is 1.72. The smallest absolute Gasteiger partial charge is 0.220 e. The number of aliphatic imine (C=N–C) groups is 2. The molecule has 1 rings (SSSR count). The highest BCUT2D eigenvalue weighted by molar-refractivity contribution is 5.90. The van der Waals surface area contributed by atoms with Crippen molar-refractivity contribution in [1.29, 1.82) is 0 Å². The number of aliphatic hydroxyl groups is 1. The van der Waals surface area contributed by atoms with E-state index in [2.05, 4.69) is 21.5 Å². The predicted octanol–water partition coefficient (Wildman–Crippen LogP) is 0.933. The van der Waals surface area contributed by atoms with E-state index < -0.39 is 0 Å². The van der Waals surface area contributed by atoms with Crippen LogP contribution in [0.3, 0.4) is 0 Å². The highest BCUT2D eigenvalue weighted by atomic mass is 16.3.